The topological polar surface area (TPSA) is 214 Å². The third kappa shape index (κ3) is 12.0. The molecule has 3 atom stereocenters. The molecule has 0 rings (SSSR count). The molecule has 172 valence electrons. The van der Waals surface area contributed by atoms with Crippen LogP contribution in [0.1, 0.15) is 46.0 Å². The lowest BCUT2D eigenvalue weighted by molar-refractivity contribution is -0.141. The highest BCUT2D eigenvalue weighted by atomic mass is 16.4. The second kappa shape index (κ2) is 14.3. The lowest BCUT2D eigenvalue weighted by atomic mass is 10.0. The average Bonchev–Trinajstić information content (AvgIpc) is 2.63. The molecule has 0 aromatic heterocycles. The Bertz CT molecular complexity index is 612. The van der Waals surface area contributed by atoms with Crippen LogP contribution in [-0.4, -0.2) is 71.1 Å². The molecule has 0 aliphatic rings. The van der Waals surface area contributed by atoms with Crippen molar-refractivity contribution in [2.75, 3.05) is 13.1 Å². The molecule has 0 bridgehead atoms. The van der Waals surface area contributed by atoms with E-state index < -0.39 is 60.8 Å². The molecule has 0 fully saturated rings. The van der Waals surface area contributed by atoms with Crippen LogP contribution in [0.4, 0.5) is 0 Å². The molecular weight excluding hydrogens is 398 g/mol. The number of carboxylic acid groups (broad SMARTS) is 2. The van der Waals surface area contributed by atoms with Gasteiger partial charge < -0.3 is 37.6 Å². The SMILES string of the molecule is CC(C)CC(N)C(=O)NC(CC(=O)O)C(=O)NC(CCCCN)C(=O)NCC(=O)O. The standard InChI is InChI=1S/C18H33N5O7/c1-10(2)7-11(20)16(28)23-13(8-14(24)25)18(30)22-12(5-3-4-6-19)17(29)21-9-15(26)27/h10-13H,3-9,19-20H2,1-2H3,(H,21,29)(H,22,30)(H,23,28)(H,24,25)(H,26,27). The van der Waals surface area contributed by atoms with E-state index in [0.717, 1.165) is 0 Å². The van der Waals surface area contributed by atoms with E-state index in [9.17, 15) is 24.0 Å². The maximum absolute atomic E-state index is 12.6. The predicted molar refractivity (Wildman–Crippen MR) is 107 cm³/mol. The van der Waals surface area contributed by atoms with Crippen LogP contribution in [0.2, 0.25) is 0 Å². The summed E-state index contributed by atoms with van der Waals surface area (Å²) in [5.41, 5.74) is 11.2. The summed E-state index contributed by atoms with van der Waals surface area (Å²) in [7, 11) is 0. The molecule has 0 spiro atoms. The Kier molecular flexibility index (Phi) is 13.0. The molecule has 0 aliphatic carbocycles. The highest BCUT2D eigenvalue weighted by Crippen LogP contribution is 2.05. The van der Waals surface area contributed by atoms with Crippen LogP contribution in [-0.2, 0) is 24.0 Å². The monoisotopic (exact) mass is 431 g/mol. The molecule has 3 unspecified atom stereocenters. The van der Waals surface area contributed by atoms with Gasteiger partial charge in [0.15, 0.2) is 0 Å². The van der Waals surface area contributed by atoms with Crippen LogP contribution in [0, 0.1) is 5.92 Å². The fourth-order valence-corrected chi connectivity index (χ4v) is 2.60. The van der Waals surface area contributed by atoms with Crippen LogP contribution < -0.4 is 27.4 Å². The van der Waals surface area contributed by atoms with Crippen LogP contribution in [0.15, 0.2) is 0 Å². The molecule has 0 aromatic carbocycles. The van der Waals surface area contributed by atoms with Crippen molar-refractivity contribution in [1.82, 2.24) is 16.0 Å². The summed E-state index contributed by atoms with van der Waals surface area (Å²) < 4.78 is 0. The van der Waals surface area contributed by atoms with Gasteiger partial charge in [-0.25, -0.2) is 0 Å². The Morgan fingerprint density at radius 2 is 1.47 bits per heavy atom. The number of hydrogen-bond donors (Lipinski definition) is 7. The van der Waals surface area contributed by atoms with Crippen LogP contribution in [0.5, 0.6) is 0 Å². The van der Waals surface area contributed by atoms with Gasteiger partial charge in [0, 0.05) is 0 Å². The van der Waals surface area contributed by atoms with Gasteiger partial charge in [0.2, 0.25) is 17.7 Å². The number of nitrogens with two attached hydrogens (primary N) is 2. The Morgan fingerprint density at radius 3 is 1.97 bits per heavy atom. The minimum atomic E-state index is -1.45. The Labute approximate surface area is 175 Å². The number of carboxylic acids is 2. The van der Waals surface area contributed by atoms with Gasteiger partial charge in [-0.3, -0.25) is 24.0 Å². The van der Waals surface area contributed by atoms with Crippen molar-refractivity contribution in [3.63, 3.8) is 0 Å². The first kappa shape index (κ1) is 27.3. The van der Waals surface area contributed by atoms with Gasteiger partial charge >= 0.3 is 11.9 Å². The number of unbranched alkanes of at least 4 members (excludes halogenated alkanes) is 1. The first-order valence-corrected chi connectivity index (χ1v) is 9.75. The van der Waals surface area contributed by atoms with Crippen molar-refractivity contribution in [1.29, 1.82) is 0 Å². The van der Waals surface area contributed by atoms with Crippen molar-refractivity contribution in [3.05, 3.63) is 0 Å². The second-order valence-corrected chi connectivity index (χ2v) is 7.35. The molecule has 12 nitrogen and oxygen atoms in total. The van der Waals surface area contributed by atoms with Gasteiger partial charge in [0.25, 0.3) is 0 Å². The molecule has 3 amide bonds. The third-order valence-electron chi connectivity index (χ3n) is 4.07. The molecule has 0 saturated carbocycles. The number of hydrogen-bond acceptors (Lipinski definition) is 7. The van der Waals surface area contributed by atoms with E-state index in [4.69, 9.17) is 21.7 Å². The van der Waals surface area contributed by atoms with Crippen LogP contribution >= 0.6 is 0 Å². The van der Waals surface area contributed by atoms with Gasteiger partial charge in [-0.2, -0.15) is 0 Å². The Hall–Kier alpha value is -2.73. The third-order valence-corrected chi connectivity index (χ3v) is 4.07. The summed E-state index contributed by atoms with van der Waals surface area (Å²) in [5.74, 6) is -4.78. The van der Waals surface area contributed by atoms with Crippen molar-refractivity contribution in [2.24, 2.45) is 17.4 Å². The van der Waals surface area contributed by atoms with Crippen molar-refractivity contribution < 1.29 is 34.2 Å². The number of amides is 3. The Balaban J connectivity index is 5.24. The normalized spacial score (nSPS) is 13.8. The molecule has 30 heavy (non-hydrogen) atoms. The number of carbonyl (C=O) groups excluding carboxylic acids is 3. The molecule has 12 heteroatoms. The quantitative estimate of drug-likeness (QED) is 0.144. The zero-order valence-corrected chi connectivity index (χ0v) is 17.3. The summed E-state index contributed by atoms with van der Waals surface area (Å²) >= 11 is 0. The van der Waals surface area contributed by atoms with Gasteiger partial charge in [-0.05, 0) is 38.1 Å². The maximum Gasteiger partial charge on any atom is 0.322 e. The van der Waals surface area contributed by atoms with Crippen molar-refractivity contribution >= 4 is 29.7 Å². The minimum absolute atomic E-state index is 0.113. The van der Waals surface area contributed by atoms with E-state index in [1.807, 2.05) is 13.8 Å². The number of carbonyl (C=O) groups is 5. The highest BCUT2D eigenvalue weighted by molar-refractivity contribution is 5.95. The zero-order chi connectivity index (χ0) is 23.3. The number of rotatable bonds is 15. The minimum Gasteiger partial charge on any atom is -0.481 e. The predicted octanol–water partition coefficient (Wildman–Crippen LogP) is -1.87. The summed E-state index contributed by atoms with van der Waals surface area (Å²) in [6.45, 7) is 3.44. The van der Waals surface area contributed by atoms with Crippen LogP contribution in [0.3, 0.4) is 0 Å². The van der Waals surface area contributed by atoms with E-state index in [1.54, 1.807) is 0 Å². The summed E-state index contributed by atoms with van der Waals surface area (Å²) in [5, 5.41) is 24.6. The molecular formula is C18H33N5O7. The summed E-state index contributed by atoms with van der Waals surface area (Å²) in [6.07, 6.45) is 0.828. The molecule has 0 aromatic rings. The number of nitrogens with one attached hydrogen (secondary N) is 3. The van der Waals surface area contributed by atoms with E-state index in [1.165, 1.54) is 0 Å². The van der Waals surface area contributed by atoms with Gasteiger partial charge in [-0.1, -0.05) is 13.8 Å². The molecule has 0 saturated heterocycles. The van der Waals surface area contributed by atoms with Gasteiger partial charge in [0.05, 0.1) is 12.5 Å². The fraction of sp³-hybridized carbons (Fsp3) is 0.722. The maximum atomic E-state index is 12.6. The van der Waals surface area contributed by atoms with Crippen molar-refractivity contribution in [2.45, 2.75) is 64.1 Å². The van der Waals surface area contributed by atoms with Gasteiger partial charge in [-0.15, -0.1) is 0 Å². The van der Waals surface area contributed by atoms with Crippen LogP contribution in [0.25, 0.3) is 0 Å². The summed E-state index contributed by atoms with van der Waals surface area (Å²) in [4.78, 5) is 58.8. The Morgan fingerprint density at radius 1 is 0.867 bits per heavy atom. The van der Waals surface area contributed by atoms with Gasteiger partial charge in [0.1, 0.15) is 18.6 Å². The molecule has 0 radical (unpaired) electrons. The summed E-state index contributed by atoms with van der Waals surface area (Å²) in [6, 6.07) is -3.48. The van der Waals surface area contributed by atoms with E-state index in [2.05, 4.69) is 16.0 Å². The van der Waals surface area contributed by atoms with E-state index in [-0.39, 0.29) is 12.3 Å². The highest BCUT2D eigenvalue weighted by Gasteiger charge is 2.29. The van der Waals surface area contributed by atoms with E-state index in [0.29, 0.717) is 25.8 Å². The molecule has 9 N–H and O–H groups in total. The molecule has 0 heterocycles. The largest absolute Gasteiger partial charge is 0.481 e. The average molecular weight is 431 g/mol. The first-order valence-electron chi connectivity index (χ1n) is 9.75. The number of aliphatic carboxylic acids is 2. The smallest absolute Gasteiger partial charge is 0.322 e. The first-order chi connectivity index (χ1) is 14.0. The zero-order valence-electron chi connectivity index (χ0n) is 17.3. The second-order valence-electron chi connectivity index (χ2n) is 7.35. The van der Waals surface area contributed by atoms with Crippen molar-refractivity contribution in [3.8, 4) is 0 Å². The lowest BCUT2D eigenvalue weighted by Gasteiger charge is -2.23. The van der Waals surface area contributed by atoms with E-state index >= 15 is 0 Å². The molecule has 0 aliphatic heterocycles. The lowest BCUT2D eigenvalue weighted by Crippen LogP contribution is -2.56. The fourth-order valence-electron chi connectivity index (χ4n) is 2.60.